The Balaban J connectivity index is 1.64. The second kappa shape index (κ2) is 6.73. The number of rotatable bonds is 6. The minimum Gasteiger partial charge on any atom is -0.342 e. The molecule has 118 valence electrons. The molecule has 0 radical (unpaired) electrons. The molecule has 4 nitrogen and oxygen atoms in total. The number of nitrogens with one attached hydrogen (secondary N) is 1. The van der Waals surface area contributed by atoms with E-state index in [9.17, 15) is 9.59 Å². The van der Waals surface area contributed by atoms with Crippen LogP contribution >= 0.6 is 11.8 Å². The van der Waals surface area contributed by atoms with Gasteiger partial charge in [0.25, 0.3) is 0 Å². The van der Waals surface area contributed by atoms with E-state index in [0.717, 1.165) is 30.1 Å². The van der Waals surface area contributed by atoms with Crippen LogP contribution in [0.5, 0.6) is 0 Å². The predicted octanol–water partition coefficient (Wildman–Crippen LogP) is 3.14. The van der Waals surface area contributed by atoms with E-state index < -0.39 is 0 Å². The van der Waals surface area contributed by atoms with Crippen LogP contribution in [0.15, 0.2) is 29.2 Å². The van der Waals surface area contributed by atoms with E-state index in [4.69, 9.17) is 0 Å². The Kier molecular flexibility index (Phi) is 4.71. The summed E-state index contributed by atoms with van der Waals surface area (Å²) in [5.41, 5.74) is 0.851. The van der Waals surface area contributed by atoms with Crippen molar-refractivity contribution < 1.29 is 9.59 Å². The Hall–Kier alpha value is -1.49. The van der Waals surface area contributed by atoms with Gasteiger partial charge in [-0.2, -0.15) is 0 Å². The van der Waals surface area contributed by atoms with Crippen LogP contribution < -0.4 is 5.32 Å². The highest BCUT2D eigenvalue weighted by atomic mass is 32.2. The topological polar surface area (TPSA) is 49.4 Å². The molecule has 0 saturated heterocycles. The van der Waals surface area contributed by atoms with Crippen LogP contribution in [-0.2, 0) is 9.59 Å². The molecule has 22 heavy (non-hydrogen) atoms. The number of hydrogen-bond acceptors (Lipinski definition) is 3. The third kappa shape index (κ3) is 3.64. The molecule has 1 aromatic rings. The second-order valence-electron chi connectivity index (χ2n) is 6.08. The standard InChI is InChI=1S/C17H22N2O2S/c1-2-9-19(11-12-7-8-12)16(20)10-15-17(21)18-13-5-3-4-6-14(13)22-15/h3-6,12,15H,2,7-11H2,1H3,(H,18,21)/t15-/m0/s1. The van der Waals surface area contributed by atoms with Gasteiger partial charge in [-0.3, -0.25) is 9.59 Å². The van der Waals surface area contributed by atoms with Crippen LogP contribution in [0, 0.1) is 5.92 Å². The molecular formula is C17H22N2O2S. The van der Waals surface area contributed by atoms with Crippen molar-refractivity contribution in [3.8, 4) is 0 Å². The van der Waals surface area contributed by atoms with Gasteiger partial charge in [-0.05, 0) is 37.3 Å². The lowest BCUT2D eigenvalue weighted by Gasteiger charge is -2.27. The van der Waals surface area contributed by atoms with Gasteiger partial charge in [0.2, 0.25) is 11.8 Å². The first-order chi connectivity index (χ1) is 10.7. The van der Waals surface area contributed by atoms with E-state index >= 15 is 0 Å². The van der Waals surface area contributed by atoms with Crippen LogP contribution in [-0.4, -0.2) is 35.1 Å². The molecule has 0 unspecified atom stereocenters. The molecule has 5 heteroatoms. The van der Waals surface area contributed by atoms with Crippen LogP contribution in [0.4, 0.5) is 5.69 Å². The molecule has 1 saturated carbocycles. The average Bonchev–Trinajstić information content (AvgIpc) is 3.31. The van der Waals surface area contributed by atoms with Gasteiger partial charge in [-0.1, -0.05) is 19.1 Å². The number of nitrogens with zero attached hydrogens (tertiary/aromatic N) is 1. The van der Waals surface area contributed by atoms with E-state index in [0.29, 0.717) is 5.92 Å². The molecule has 2 aliphatic rings. The van der Waals surface area contributed by atoms with Gasteiger partial charge in [0.05, 0.1) is 10.9 Å². The number of hydrogen-bond donors (Lipinski definition) is 1. The van der Waals surface area contributed by atoms with E-state index in [1.165, 1.54) is 24.6 Å². The summed E-state index contributed by atoms with van der Waals surface area (Å²) >= 11 is 1.50. The second-order valence-corrected chi connectivity index (χ2v) is 7.32. The van der Waals surface area contributed by atoms with Crippen molar-refractivity contribution in [2.75, 3.05) is 18.4 Å². The normalized spacial score (nSPS) is 20.2. The summed E-state index contributed by atoms with van der Waals surface area (Å²) in [7, 11) is 0. The van der Waals surface area contributed by atoms with Gasteiger partial charge in [-0.25, -0.2) is 0 Å². The molecule has 1 heterocycles. The average molecular weight is 318 g/mol. The third-order valence-electron chi connectivity index (χ3n) is 4.09. The molecule has 0 aromatic heterocycles. The summed E-state index contributed by atoms with van der Waals surface area (Å²) in [5, 5.41) is 2.59. The summed E-state index contributed by atoms with van der Waals surface area (Å²) in [6.07, 6.45) is 3.72. The Bertz CT molecular complexity index is 572. The van der Waals surface area contributed by atoms with Crippen LogP contribution in [0.2, 0.25) is 0 Å². The van der Waals surface area contributed by atoms with Crippen molar-refractivity contribution in [3.05, 3.63) is 24.3 Å². The molecule has 0 bridgehead atoms. The lowest BCUT2D eigenvalue weighted by Crippen LogP contribution is -2.38. The Morgan fingerprint density at radius 2 is 2.14 bits per heavy atom. The highest BCUT2D eigenvalue weighted by Crippen LogP contribution is 2.37. The Labute approximate surface area is 135 Å². The van der Waals surface area contributed by atoms with Crippen LogP contribution in [0.3, 0.4) is 0 Å². The maximum absolute atomic E-state index is 12.6. The predicted molar refractivity (Wildman–Crippen MR) is 88.9 cm³/mol. The fourth-order valence-electron chi connectivity index (χ4n) is 2.71. The molecular weight excluding hydrogens is 296 g/mol. The van der Waals surface area contributed by atoms with Crippen molar-refractivity contribution in [1.29, 1.82) is 0 Å². The molecule has 1 fully saturated rings. The number of carbonyl (C=O) groups is 2. The van der Waals surface area contributed by atoms with Crippen molar-refractivity contribution >= 4 is 29.3 Å². The van der Waals surface area contributed by atoms with E-state index in [2.05, 4.69) is 12.2 Å². The fourth-order valence-corrected chi connectivity index (χ4v) is 3.82. The van der Waals surface area contributed by atoms with Gasteiger partial charge in [-0.15, -0.1) is 11.8 Å². The first-order valence-corrected chi connectivity index (χ1v) is 8.89. The van der Waals surface area contributed by atoms with Crippen molar-refractivity contribution in [3.63, 3.8) is 0 Å². The Morgan fingerprint density at radius 3 is 2.86 bits per heavy atom. The molecule has 0 spiro atoms. The maximum Gasteiger partial charge on any atom is 0.238 e. The van der Waals surface area contributed by atoms with Crippen LogP contribution in [0.1, 0.15) is 32.6 Å². The zero-order chi connectivity index (χ0) is 15.5. The van der Waals surface area contributed by atoms with E-state index in [1.807, 2.05) is 29.2 Å². The van der Waals surface area contributed by atoms with Crippen molar-refractivity contribution in [2.24, 2.45) is 5.92 Å². The smallest absolute Gasteiger partial charge is 0.238 e. The largest absolute Gasteiger partial charge is 0.342 e. The minimum atomic E-state index is -0.319. The van der Waals surface area contributed by atoms with Gasteiger partial charge in [0, 0.05) is 24.4 Å². The van der Waals surface area contributed by atoms with Crippen molar-refractivity contribution in [2.45, 2.75) is 42.8 Å². The minimum absolute atomic E-state index is 0.0556. The molecule has 2 amide bonds. The van der Waals surface area contributed by atoms with Crippen molar-refractivity contribution in [1.82, 2.24) is 4.90 Å². The first-order valence-electron chi connectivity index (χ1n) is 8.01. The zero-order valence-corrected chi connectivity index (χ0v) is 13.7. The molecule has 1 aliphatic heterocycles. The van der Waals surface area contributed by atoms with Gasteiger partial charge >= 0.3 is 0 Å². The molecule has 1 aliphatic carbocycles. The number of benzene rings is 1. The number of amides is 2. The Morgan fingerprint density at radius 1 is 1.36 bits per heavy atom. The molecule has 1 N–H and O–H groups in total. The fraction of sp³-hybridized carbons (Fsp3) is 0.529. The summed E-state index contributed by atoms with van der Waals surface area (Å²) in [6, 6.07) is 7.75. The summed E-state index contributed by atoms with van der Waals surface area (Å²) in [5.74, 6) is 0.741. The number of carbonyl (C=O) groups excluding carboxylic acids is 2. The summed E-state index contributed by atoms with van der Waals surface area (Å²) in [4.78, 5) is 27.8. The molecule has 1 aromatic carbocycles. The lowest BCUT2D eigenvalue weighted by atomic mass is 10.2. The molecule has 1 atom stereocenters. The van der Waals surface area contributed by atoms with Gasteiger partial charge < -0.3 is 10.2 Å². The third-order valence-corrected chi connectivity index (χ3v) is 5.36. The highest BCUT2D eigenvalue weighted by molar-refractivity contribution is 8.01. The first kappa shape index (κ1) is 15.4. The van der Waals surface area contributed by atoms with E-state index in [-0.39, 0.29) is 23.5 Å². The van der Waals surface area contributed by atoms with Crippen LogP contribution in [0.25, 0.3) is 0 Å². The number of anilines is 1. The number of para-hydroxylation sites is 1. The lowest BCUT2D eigenvalue weighted by molar-refractivity contribution is -0.132. The summed E-state index contributed by atoms with van der Waals surface area (Å²) < 4.78 is 0. The highest BCUT2D eigenvalue weighted by Gasteiger charge is 2.32. The zero-order valence-electron chi connectivity index (χ0n) is 12.9. The maximum atomic E-state index is 12.6. The SMILES string of the molecule is CCCN(CC1CC1)C(=O)C[C@@H]1Sc2ccccc2NC1=O. The summed E-state index contributed by atoms with van der Waals surface area (Å²) in [6.45, 7) is 3.75. The monoisotopic (exact) mass is 318 g/mol. The van der Waals surface area contributed by atoms with E-state index in [1.54, 1.807) is 0 Å². The quantitative estimate of drug-likeness (QED) is 0.876. The number of thioether (sulfide) groups is 1. The number of fused-ring (bicyclic) bond motifs is 1. The molecule has 3 rings (SSSR count). The van der Waals surface area contributed by atoms with Gasteiger partial charge in [0.1, 0.15) is 0 Å². The van der Waals surface area contributed by atoms with Gasteiger partial charge in [0.15, 0.2) is 0 Å².